The molecule has 1 saturated carbocycles. The van der Waals surface area contributed by atoms with Crippen LogP contribution in [0.3, 0.4) is 0 Å². The zero-order chi connectivity index (χ0) is 23.0. The Morgan fingerprint density at radius 1 is 1.19 bits per heavy atom. The van der Waals surface area contributed by atoms with Crippen LogP contribution in [0.15, 0.2) is 65.7 Å². The predicted molar refractivity (Wildman–Crippen MR) is 106 cm³/mol. The molecule has 0 radical (unpaired) electrons. The molecule has 0 saturated heterocycles. The van der Waals surface area contributed by atoms with Gasteiger partial charge >= 0.3 is 6.18 Å². The Kier molecular flexibility index (Phi) is 5.81. The van der Waals surface area contributed by atoms with Gasteiger partial charge in [-0.2, -0.15) is 18.4 Å². The van der Waals surface area contributed by atoms with Crippen LogP contribution in [0.2, 0.25) is 0 Å². The maximum atomic E-state index is 13.0. The number of para-hydroxylation sites is 1. The highest BCUT2D eigenvalue weighted by Gasteiger charge is 2.75. The van der Waals surface area contributed by atoms with Crippen LogP contribution in [0.4, 0.5) is 13.2 Å². The minimum Gasteiger partial charge on any atom is -0.549 e. The Hall–Kier alpha value is -2.98. The molecule has 2 aromatic carbocycles. The van der Waals surface area contributed by atoms with E-state index in [4.69, 9.17) is 16.3 Å². The van der Waals surface area contributed by atoms with Crippen molar-refractivity contribution >= 4 is 17.6 Å². The fourth-order valence-corrected chi connectivity index (χ4v) is 4.43. The van der Waals surface area contributed by atoms with Crippen molar-refractivity contribution in [1.82, 2.24) is 0 Å². The minimum absolute atomic E-state index is 0.298. The van der Waals surface area contributed by atoms with Gasteiger partial charge < -0.3 is 14.6 Å². The van der Waals surface area contributed by atoms with Gasteiger partial charge in [0, 0.05) is 5.41 Å². The fraction of sp³-hybridized carbons (Fsp3) is 0.304. The zero-order valence-corrected chi connectivity index (χ0v) is 17.4. The molecule has 0 unspecified atom stereocenters. The highest BCUT2D eigenvalue weighted by molar-refractivity contribution is 6.30. The van der Waals surface area contributed by atoms with E-state index >= 15 is 0 Å². The molecular weight excluding hydrogens is 431 g/mol. The number of carboxylic acids is 1. The average Bonchev–Trinajstić information content (AvgIpc) is 3.18. The van der Waals surface area contributed by atoms with Gasteiger partial charge in [-0.25, -0.2) is 0 Å². The van der Waals surface area contributed by atoms with Crippen molar-refractivity contribution in [2.75, 3.05) is 0 Å². The van der Waals surface area contributed by atoms with Gasteiger partial charge in [0.2, 0.25) is 0 Å². The summed E-state index contributed by atoms with van der Waals surface area (Å²) in [7, 11) is 0. The quantitative estimate of drug-likeness (QED) is 0.611. The van der Waals surface area contributed by atoms with Crippen LogP contribution < -0.4 is 9.84 Å². The molecule has 0 bridgehead atoms. The second-order valence-corrected chi connectivity index (χ2v) is 8.33. The molecule has 1 aliphatic carbocycles. The lowest BCUT2D eigenvalue weighted by Gasteiger charge is -2.27. The number of carbonyl (C=O) groups is 1. The first-order valence-corrected chi connectivity index (χ1v) is 9.72. The molecule has 4 nitrogen and oxygen atoms in total. The molecule has 0 N–H and O–H groups in total. The number of carbonyl (C=O) groups excluding carboxylic acids is 1. The van der Waals surface area contributed by atoms with Crippen LogP contribution in [0.5, 0.6) is 11.5 Å². The molecule has 0 heterocycles. The maximum absolute atomic E-state index is 13.0. The van der Waals surface area contributed by atoms with Crippen molar-refractivity contribution in [3.05, 3.63) is 71.3 Å². The molecule has 2 aromatic rings. The molecule has 31 heavy (non-hydrogen) atoms. The van der Waals surface area contributed by atoms with Gasteiger partial charge in [0.25, 0.3) is 0 Å². The molecule has 3 rings (SSSR count). The van der Waals surface area contributed by atoms with Crippen molar-refractivity contribution in [3.8, 4) is 17.6 Å². The van der Waals surface area contributed by atoms with Crippen molar-refractivity contribution in [2.45, 2.75) is 25.9 Å². The number of carboxylic acid groups (broad SMARTS) is 1. The lowest BCUT2D eigenvalue weighted by atomic mass is 9.78. The average molecular weight is 449 g/mol. The first kappa shape index (κ1) is 22.7. The van der Waals surface area contributed by atoms with Crippen molar-refractivity contribution in [3.63, 3.8) is 0 Å². The van der Waals surface area contributed by atoms with Gasteiger partial charge in [-0.05, 0) is 41.2 Å². The Morgan fingerprint density at radius 3 is 2.35 bits per heavy atom. The number of hydrogen-bond donors (Lipinski definition) is 0. The van der Waals surface area contributed by atoms with Crippen molar-refractivity contribution in [1.29, 1.82) is 5.26 Å². The standard InChI is InChI=1S/C23H19ClF3NO3/c1-21(2)18(12-19(24)23(25,26)27)22(21,20(29)30)17(13-28)14-7-6-10-16(11-14)31-15-8-4-3-5-9-15/h3-12,17-18H,1-2H3,(H,29,30)/p-1/b19-12-/t17-,18+,22+/m1/s1. The molecular formula is C23H18ClF3NO3-. The van der Waals surface area contributed by atoms with E-state index in [0.717, 1.165) is 0 Å². The van der Waals surface area contributed by atoms with Crippen LogP contribution >= 0.6 is 11.6 Å². The van der Waals surface area contributed by atoms with E-state index in [1.54, 1.807) is 36.4 Å². The van der Waals surface area contributed by atoms with E-state index in [2.05, 4.69) is 0 Å². The van der Waals surface area contributed by atoms with Gasteiger partial charge in [-0.3, -0.25) is 0 Å². The Bertz CT molecular complexity index is 1060. The second kappa shape index (κ2) is 7.93. The number of hydrogen-bond acceptors (Lipinski definition) is 4. The van der Waals surface area contributed by atoms with Crippen LogP contribution in [0.1, 0.15) is 25.3 Å². The Balaban J connectivity index is 2.03. The van der Waals surface area contributed by atoms with E-state index in [1.807, 2.05) is 12.1 Å². The SMILES string of the molecule is CC1(C)[C@H](/C=C(\Cl)C(F)(F)F)[C@]1(C(=O)[O-])[C@H](C#N)c1cccc(Oc2ccccc2)c1. The third kappa shape index (κ3) is 3.88. The summed E-state index contributed by atoms with van der Waals surface area (Å²) in [5.74, 6) is -3.15. The number of nitriles is 1. The van der Waals surface area contributed by atoms with Crippen LogP contribution in [0.25, 0.3) is 0 Å². The summed E-state index contributed by atoms with van der Waals surface area (Å²) in [5, 5.41) is 20.7. The first-order valence-electron chi connectivity index (χ1n) is 9.34. The fourth-order valence-electron chi connectivity index (χ4n) is 4.30. The number of benzene rings is 2. The van der Waals surface area contributed by atoms with Gasteiger partial charge in [0.05, 0.1) is 18.0 Å². The summed E-state index contributed by atoms with van der Waals surface area (Å²) in [4.78, 5) is 12.2. The molecule has 1 aliphatic rings. The second-order valence-electron chi connectivity index (χ2n) is 7.92. The predicted octanol–water partition coefficient (Wildman–Crippen LogP) is 5.16. The molecule has 1 fully saturated rings. The highest BCUT2D eigenvalue weighted by atomic mass is 35.5. The number of halogens is 4. The van der Waals surface area contributed by atoms with Crippen molar-refractivity contribution in [2.24, 2.45) is 16.7 Å². The van der Waals surface area contributed by atoms with Gasteiger partial charge in [0.15, 0.2) is 0 Å². The molecule has 8 heteroatoms. The third-order valence-corrected chi connectivity index (χ3v) is 6.27. The normalized spacial score (nSPS) is 23.5. The molecule has 3 atom stereocenters. The molecule has 0 aliphatic heterocycles. The summed E-state index contributed by atoms with van der Waals surface area (Å²) in [6.07, 6.45) is -4.14. The number of ether oxygens (including phenoxy) is 1. The molecule has 0 spiro atoms. The highest BCUT2D eigenvalue weighted by Crippen LogP contribution is 2.75. The number of rotatable bonds is 6. The molecule has 0 aromatic heterocycles. The van der Waals surface area contributed by atoms with Crippen molar-refractivity contribution < 1.29 is 27.8 Å². The zero-order valence-electron chi connectivity index (χ0n) is 16.6. The van der Waals surface area contributed by atoms with Gasteiger partial charge in [-0.15, -0.1) is 0 Å². The van der Waals surface area contributed by atoms with Crippen LogP contribution in [-0.4, -0.2) is 12.1 Å². The summed E-state index contributed by atoms with van der Waals surface area (Å²) < 4.78 is 44.6. The first-order chi connectivity index (χ1) is 14.5. The lowest BCUT2D eigenvalue weighted by Crippen LogP contribution is -2.40. The summed E-state index contributed by atoms with van der Waals surface area (Å²) in [6, 6.07) is 17.0. The number of allylic oxidation sites excluding steroid dienone is 2. The van der Waals surface area contributed by atoms with E-state index in [-0.39, 0.29) is 0 Å². The van der Waals surface area contributed by atoms with E-state index in [1.165, 1.54) is 26.0 Å². The minimum atomic E-state index is -4.82. The number of nitrogens with zero attached hydrogens (tertiary/aromatic N) is 1. The summed E-state index contributed by atoms with van der Waals surface area (Å²) in [6.45, 7) is 2.97. The molecule has 0 amide bonds. The van der Waals surface area contributed by atoms with Crippen LogP contribution in [0, 0.1) is 28.1 Å². The number of aliphatic carboxylic acids is 1. The Labute approximate surface area is 182 Å². The summed E-state index contributed by atoms with van der Waals surface area (Å²) >= 11 is 5.38. The van der Waals surface area contributed by atoms with Gasteiger partial charge in [-0.1, -0.05) is 61.9 Å². The third-order valence-electron chi connectivity index (χ3n) is 5.93. The van der Waals surface area contributed by atoms with E-state index in [0.29, 0.717) is 23.1 Å². The smallest absolute Gasteiger partial charge is 0.426 e. The lowest BCUT2D eigenvalue weighted by molar-refractivity contribution is -0.316. The van der Waals surface area contributed by atoms with Gasteiger partial charge in [0.1, 0.15) is 16.5 Å². The Morgan fingerprint density at radius 2 is 1.81 bits per heavy atom. The largest absolute Gasteiger partial charge is 0.549 e. The van der Waals surface area contributed by atoms with E-state index < -0.39 is 39.8 Å². The topological polar surface area (TPSA) is 73.1 Å². The molecule has 162 valence electrons. The van der Waals surface area contributed by atoms with Crippen LogP contribution in [-0.2, 0) is 4.79 Å². The maximum Gasteiger partial charge on any atom is 0.426 e. The van der Waals surface area contributed by atoms with E-state index in [9.17, 15) is 28.3 Å². The summed E-state index contributed by atoms with van der Waals surface area (Å²) in [5.41, 5.74) is -2.79. The number of alkyl halides is 3. The monoisotopic (exact) mass is 448 g/mol.